The summed E-state index contributed by atoms with van der Waals surface area (Å²) in [6, 6.07) is 3.51. The van der Waals surface area contributed by atoms with E-state index in [1.54, 1.807) is 12.1 Å². The Morgan fingerprint density at radius 2 is 1.94 bits per heavy atom. The molecule has 0 amide bonds. The van der Waals surface area contributed by atoms with Crippen molar-refractivity contribution in [1.29, 1.82) is 0 Å². The van der Waals surface area contributed by atoms with Crippen molar-refractivity contribution in [2.45, 2.75) is 32.8 Å². The van der Waals surface area contributed by atoms with Gasteiger partial charge in [-0.05, 0) is 57.3 Å². The maximum absolute atomic E-state index is 10.7. The zero-order chi connectivity index (χ0) is 12.1. The Bertz CT molecular complexity index is 354. The van der Waals surface area contributed by atoms with Gasteiger partial charge in [-0.3, -0.25) is 4.79 Å². The summed E-state index contributed by atoms with van der Waals surface area (Å²) in [7, 11) is 0. The normalized spacial score (nSPS) is 12.2. The lowest BCUT2D eigenvalue weighted by molar-refractivity contribution is 0.112. The number of hydrogen-bond acceptors (Lipinski definition) is 2. The molecule has 0 aliphatic rings. The van der Waals surface area contributed by atoms with Gasteiger partial charge in [-0.25, -0.2) is 0 Å². The molecule has 0 radical (unpaired) electrons. The molecule has 0 aromatic heterocycles. The van der Waals surface area contributed by atoms with Gasteiger partial charge >= 0.3 is 0 Å². The number of benzene rings is 1. The highest BCUT2D eigenvalue weighted by Crippen LogP contribution is 2.35. The molecule has 2 nitrogen and oxygen atoms in total. The van der Waals surface area contributed by atoms with E-state index in [2.05, 4.69) is 38.8 Å². The maximum atomic E-state index is 10.7. The molecule has 1 rings (SSSR count). The molecule has 0 N–H and O–H groups in total. The molecule has 4 heteroatoms. The molecule has 0 spiro atoms. The summed E-state index contributed by atoms with van der Waals surface area (Å²) >= 11 is 6.81. The predicted molar refractivity (Wildman–Crippen MR) is 72.2 cm³/mol. The Hall–Kier alpha value is -0.350. The fraction of sp³-hybridized carbons (Fsp3) is 0.417. The SMILES string of the molecule is CCCC(C)Oc1c(Br)cc(C=O)cc1Br. The second-order valence-corrected chi connectivity index (χ2v) is 5.36. The van der Waals surface area contributed by atoms with Crippen LogP contribution in [0.4, 0.5) is 0 Å². The van der Waals surface area contributed by atoms with E-state index in [4.69, 9.17) is 4.74 Å². The van der Waals surface area contributed by atoms with Crippen LogP contribution in [0.3, 0.4) is 0 Å². The van der Waals surface area contributed by atoms with Gasteiger partial charge < -0.3 is 4.74 Å². The summed E-state index contributed by atoms with van der Waals surface area (Å²) in [5.74, 6) is 0.756. The van der Waals surface area contributed by atoms with Crippen LogP contribution in [0.1, 0.15) is 37.0 Å². The largest absolute Gasteiger partial charge is 0.488 e. The van der Waals surface area contributed by atoms with Gasteiger partial charge in [-0.15, -0.1) is 0 Å². The number of hydrogen-bond donors (Lipinski definition) is 0. The number of carbonyl (C=O) groups is 1. The van der Waals surface area contributed by atoms with Crippen LogP contribution in [0.2, 0.25) is 0 Å². The first-order chi connectivity index (χ1) is 7.58. The van der Waals surface area contributed by atoms with Gasteiger partial charge in [0, 0.05) is 5.56 Å². The molecule has 0 aliphatic heterocycles. The molecule has 16 heavy (non-hydrogen) atoms. The van der Waals surface area contributed by atoms with Gasteiger partial charge in [0.15, 0.2) is 0 Å². The topological polar surface area (TPSA) is 26.3 Å². The molecule has 88 valence electrons. The molecule has 0 saturated heterocycles. The summed E-state index contributed by atoms with van der Waals surface area (Å²) in [5, 5.41) is 0. The lowest BCUT2D eigenvalue weighted by atomic mass is 10.2. The molecular formula is C12H14Br2O2. The summed E-state index contributed by atoms with van der Waals surface area (Å²) in [6.45, 7) is 4.16. The Kier molecular flexibility index (Phi) is 5.49. The lowest BCUT2D eigenvalue weighted by Crippen LogP contribution is -2.11. The zero-order valence-electron chi connectivity index (χ0n) is 9.30. The van der Waals surface area contributed by atoms with Crippen LogP contribution in [0.25, 0.3) is 0 Å². The Morgan fingerprint density at radius 3 is 2.38 bits per heavy atom. The second-order valence-electron chi connectivity index (χ2n) is 3.65. The Balaban J connectivity index is 2.92. The number of halogens is 2. The van der Waals surface area contributed by atoms with Crippen LogP contribution in [-0.4, -0.2) is 12.4 Å². The third-order valence-corrected chi connectivity index (χ3v) is 3.35. The highest BCUT2D eigenvalue weighted by atomic mass is 79.9. The molecule has 0 heterocycles. The summed E-state index contributed by atoms with van der Waals surface area (Å²) < 4.78 is 7.40. The van der Waals surface area contributed by atoms with Crippen molar-refractivity contribution in [3.05, 3.63) is 26.6 Å². The molecule has 0 bridgehead atoms. The first-order valence-corrected chi connectivity index (χ1v) is 6.78. The highest BCUT2D eigenvalue weighted by molar-refractivity contribution is 9.11. The van der Waals surface area contributed by atoms with E-state index in [9.17, 15) is 4.79 Å². The van der Waals surface area contributed by atoms with Gasteiger partial charge in [0.05, 0.1) is 15.0 Å². The van der Waals surface area contributed by atoms with E-state index >= 15 is 0 Å². The van der Waals surface area contributed by atoms with Crippen molar-refractivity contribution in [3.8, 4) is 5.75 Å². The van der Waals surface area contributed by atoms with Crippen LogP contribution < -0.4 is 4.74 Å². The minimum absolute atomic E-state index is 0.166. The van der Waals surface area contributed by atoms with Crippen molar-refractivity contribution in [1.82, 2.24) is 0 Å². The molecule has 1 unspecified atom stereocenters. The standard InChI is InChI=1S/C12H14Br2O2/c1-3-4-8(2)16-12-10(13)5-9(7-15)6-11(12)14/h5-8H,3-4H2,1-2H3. The van der Waals surface area contributed by atoms with Gasteiger partial charge in [0.25, 0.3) is 0 Å². The minimum atomic E-state index is 0.166. The molecule has 0 aliphatic carbocycles. The quantitative estimate of drug-likeness (QED) is 0.726. The fourth-order valence-corrected chi connectivity index (χ4v) is 2.84. The third-order valence-electron chi connectivity index (χ3n) is 2.17. The summed E-state index contributed by atoms with van der Waals surface area (Å²) in [6.07, 6.45) is 3.08. The average molecular weight is 350 g/mol. The van der Waals surface area contributed by atoms with Crippen molar-refractivity contribution < 1.29 is 9.53 Å². The fourth-order valence-electron chi connectivity index (χ4n) is 1.43. The highest BCUT2D eigenvalue weighted by Gasteiger charge is 2.11. The van der Waals surface area contributed by atoms with E-state index in [0.717, 1.165) is 33.8 Å². The zero-order valence-corrected chi connectivity index (χ0v) is 12.5. The van der Waals surface area contributed by atoms with Crippen LogP contribution in [0.15, 0.2) is 21.1 Å². The first kappa shape index (κ1) is 13.7. The molecule has 0 fully saturated rings. The first-order valence-electron chi connectivity index (χ1n) is 5.19. The molecular weight excluding hydrogens is 336 g/mol. The molecule has 1 aromatic rings. The Morgan fingerprint density at radius 1 is 1.38 bits per heavy atom. The number of ether oxygens (including phenoxy) is 1. The van der Waals surface area contributed by atoms with Gasteiger partial charge in [0.1, 0.15) is 12.0 Å². The smallest absolute Gasteiger partial charge is 0.150 e. The van der Waals surface area contributed by atoms with Crippen molar-refractivity contribution in [3.63, 3.8) is 0 Å². The number of carbonyl (C=O) groups excluding carboxylic acids is 1. The van der Waals surface area contributed by atoms with Crippen molar-refractivity contribution >= 4 is 38.1 Å². The van der Waals surface area contributed by atoms with Gasteiger partial charge in [-0.1, -0.05) is 13.3 Å². The summed E-state index contributed by atoms with van der Waals surface area (Å²) in [4.78, 5) is 10.7. The van der Waals surface area contributed by atoms with E-state index in [1.807, 2.05) is 6.92 Å². The number of aldehydes is 1. The lowest BCUT2D eigenvalue weighted by Gasteiger charge is -2.16. The van der Waals surface area contributed by atoms with Crippen molar-refractivity contribution in [2.24, 2.45) is 0 Å². The monoisotopic (exact) mass is 348 g/mol. The molecule has 1 atom stereocenters. The summed E-state index contributed by atoms with van der Waals surface area (Å²) in [5.41, 5.74) is 0.620. The number of rotatable bonds is 5. The average Bonchev–Trinajstić information content (AvgIpc) is 2.23. The molecule has 1 aromatic carbocycles. The maximum Gasteiger partial charge on any atom is 0.150 e. The van der Waals surface area contributed by atoms with Crippen molar-refractivity contribution in [2.75, 3.05) is 0 Å². The van der Waals surface area contributed by atoms with E-state index in [-0.39, 0.29) is 6.10 Å². The van der Waals surface area contributed by atoms with E-state index in [0.29, 0.717) is 5.56 Å². The minimum Gasteiger partial charge on any atom is -0.488 e. The van der Waals surface area contributed by atoms with E-state index in [1.165, 1.54) is 0 Å². The van der Waals surface area contributed by atoms with Crippen LogP contribution in [0.5, 0.6) is 5.75 Å². The van der Waals surface area contributed by atoms with Gasteiger partial charge in [-0.2, -0.15) is 0 Å². The Labute approximate surface area is 113 Å². The van der Waals surface area contributed by atoms with Crippen LogP contribution >= 0.6 is 31.9 Å². The van der Waals surface area contributed by atoms with Crippen LogP contribution in [-0.2, 0) is 0 Å². The van der Waals surface area contributed by atoms with E-state index < -0.39 is 0 Å². The molecule has 0 saturated carbocycles. The van der Waals surface area contributed by atoms with Gasteiger partial charge in [0.2, 0.25) is 0 Å². The van der Waals surface area contributed by atoms with Crippen LogP contribution in [0, 0.1) is 0 Å². The second kappa shape index (κ2) is 6.40. The third kappa shape index (κ3) is 3.59. The predicted octanol–water partition coefficient (Wildman–Crippen LogP) is 4.59.